The molecule has 0 unspecified atom stereocenters. The zero-order chi connectivity index (χ0) is 17.9. The standard InChI is InChI=1S/C16H11N5S4/c17-9-23-15-7-5-13(6-8-15)20-11-24-25-16(18)21-14-3-1-12(2-4-14)19-10-22/h1-8,11H,(H2,18,21). The van der Waals surface area contributed by atoms with E-state index >= 15 is 0 Å². The number of rotatable bonds is 6. The van der Waals surface area contributed by atoms with E-state index < -0.39 is 0 Å². The van der Waals surface area contributed by atoms with Crippen molar-refractivity contribution in [2.45, 2.75) is 4.90 Å². The van der Waals surface area contributed by atoms with Crippen molar-refractivity contribution in [1.82, 2.24) is 0 Å². The van der Waals surface area contributed by atoms with Gasteiger partial charge >= 0.3 is 0 Å². The third kappa shape index (κ3) is 7.13. The van der Waals surface area contributed by atoms with Crippen molar-refractivity contribution in [3.63, 3.8) is 0 Å². The van der Waals surface area contributed by atoms with E-state index in [1.165, 1.54) is 21.6 Å². The van der Waals surface area contributed by atoms with Gasteiger partial charge in [0, 0.05) is 10.6 Å². The predicted octanol–water partition coefficient (Wildman–Crippen LogP) is 6.08. The first-order valence-corrected chi connectivity index (χ1v) is 10.2. The minimum absolute atomic E-state index is 0.295. The molecule has 9 heteroatoms. The summed E-state index contributed by atoms with van der Waals surface area (Å²) < 4.78 is 0. The highest BCUT2D eigenvalue weighted by Crippen LogP contribution is 2.25. The van der Waals surface area contributed by atoms with Gasteiger partial charge in [-0.3, -0.25) is 5.41 Å². The smallest absolute Gasteiger partial charge is 0.169 e. The van der Waals surface area contributed by atoms with Crippen molar-refractivity contribution in [3.8, 4) is 5.40 Å². The fourth-order valence-corrected chi connectivity index (χ4v) is 3.25. The van der Waals surface area contributed by atoms with Crippen LogP contribution >= 0.6 is 45.6 Å². The van der Waals surface area contributed by atoms with Gasteiger partial charge in [-0.2, -0.15) is 10.3 Å². The maximum Gasteiger partial charge on any atom is 0.169 e. The summed E-state index contributed by atoms with van der Waals surface area (Å²) in [5.74, 6) is 0. The normalized spacial score (nSPS) is 10.0. The number of thiocyanates is 1. The summed E-state index contributed by atoms with van der Waals surface area (Å²) in [7, 11) is 2.60. The van der Waals surface area contributed by atoms with Crippen LogP contribution in [-0.4, -0.2) is 15.9 Å². The van der Waals surface area contributed by atoms with Gasteiger partial charge < -0.3 is 5.32 Å². The molecule has 25 heavy (non-hydrogen) atoms. The molecule has 0 amide bonds. The molecule has 0 saturated heterocycles. The average Bonchev–Trinajstić information content (AvgIpc) is 2.62. The second kappa shape index (κ2) is 10.7. The Hall–Kier alpha value is -2.08. The number of nitriles is 1. The van der Waals surface area contributed by atoms with Crippen molar-refractivity contribution in [2.75, 3.05) is 5.32 Å². The molecule has 2 aromatic rings. The van der Waals surface area contributed by atoms with Crippen LogP contribution in [0, 0.1) is 16.1 Å². The van der Waals surface area contributed by atoms with Crippen molar-refractivity contribution < 1.29 is 0 Å². The van der Waals surface area contributed by atoms with Gasteiger partial charge in [0.25, 0.3) is 0 Å². The lowest BCUT2D eigenvalue weighted by Crippen LogP contribution is -2.03. The highest BCUT2D eigenvalue weighted by atomic mass is 33.1. The lowest BCUT2D eigenvalue weighted by atomic mass is 10.3. The summed E-state index contributed by atoms with van der Waals surface area (Å²) >= 11 is 5.66. The van der Waals surface area contributed by atoms with E-state index in [1.54, 1.807) is 17.7 Å². The number of aliphatic imine (C=N–C) groups is 2. The van der Waals surface area contributed by atoms with Crippen LogP contribution in [0.25, 0.3) is 0 Å². The third-order valence-corrected chi connectivity index (χ3v) is 4.97. The van der Waals surface area contributed by atoms with Crippen molar-refractivity contribution >= 4 is 78.5 Å². The Bertz CT molecular complexity index is 834. The van der Waals surface area contributed by atoms with Crippen LogP contribution in [0.1, 0.15) is 0 Å². The molecule has 124 valence electrons. The first kappa shape index (κ1) is 19.2. The molecule has 0 aliphatic heterocycles. The summed E-state index contributed by atoms with van der Waals surface area (Å²) in [5, 5.41) is 24.1. The van der Waals surface area contributed by atoms with Crippen LogP contribution < -0.4 is 5.32 Å². The minimum Gasteiger partial charge on any atom is -0.334 e. The lowest BCUT2D eigenvalue weighted by molar-refractivity contribution is 1.43. The zero-order valence-corrected chi connectivity index (χ0v) is 15.9. The van der Waals surface area contributed by atoms with E-state index in [2.05, 4.69) is 32.7 Å². The molecule has 2 aromatic carbocycles. The quantitative estimate of drug-likeness (QED) is 0.152. The van der Waals surface area contributed by atoms with Gasteiger partial charge in [-0.05, 0) is 94.1 Å². The van der Waals surface area contributed by atoms with Gasteiger partial charge in [0.05, 0.1) is 22.1 Å². The molecule has 0 aromatic heterocycles. The molecule has 5 nitrogen and oxygen atoms in total. The highest BCUT2D eigenvalue weighted by Gasteiger charge is 1.99. The van der Waals surface area contributed by atoms with E-state index in [-0.39, 0.29) is 0 Å². The Morgan fingerprint density at radius 3 is 2.44 bits per heavy atom. The lowest BCUT2D eigenvalue weighted by Gasteiger charge is -2.05. The molecule has 0 spiro atoms. The molecule has 0 fully saturated rings. The van der Waals surface area contributed by atoms with Crippen LogP contribution in [-0.2, 0) is 0 Å². The molecule has 2 N–H and O–H groups in total. The molecule has 0 atom stereocenters. The van der Waals surface area contributed by atoms with E-state index in [4.69, 9.17) is 10.7 Å². The SMILES string of the molecule is N#CSc1ccc(N=CSSC(=N)Nc2ccc(N=C=S)cc2)cc1. The van der Waals surface area contributed by atoms with Gasteiger partial charge in [-0.15, -0.1) is 0 Å². The van der Waals surface area contributed by atoms with Gasteiger partial charge in [-0.1, -0.05) is 0 Å². The number of nitrogens with one attached hydrogen (secondary N) is 2. The number of thiocarbonyl (C=S) groups is 1. The predicted molar refractivity (Wildman–Crippen MR) is 114 cm³/mol. The summed E-state index contributed by atoms with van der Waals surface area (Å²) in [6.45, 7) is 0. The zero-order valence-electron chi connectivity index (χ0n) is 12.7. The van der Waals surface area contributed by atoms with E-state index in [0.29, 0.717) is 5.17 Å². The average molecular weight is 402 g/mol. The van der Waals surface area contributed by atoms with Gasteiger partial charge in [0.1, 0.15) is 5.40 Å². The second-order valence-corrected chi connectivity index (χ2v) is 7.40. The Morgan fingerprint density at radius 2 is 1.80 bits per heavy atom. The maximum absolute atomic E-state index is 8.60. The summed E-state index contributed by atoms with van der Waals surface area (Å²) in [6, 6.07) is 14.6. The van der Waals surface area contributed by atoms with Crippen LogP contribution in [0.5, 0.6) is 0 Å². The second-order valence-electron chi connectivity index (χ2n) is 4.31. The summed E-state index contributed by atoms with van der Waals surface area (Å²) in [6.07, 6.45) is 0. The monoisotopic (exact) mass is 401 g/mol. The molecule has 0 aliphatic rings. The third-order valence-electron chi connectivity index (χ3n) is 2.68. The Labute approximate surface area is 162 Å². The minimum atomic E-state index is 0.295. The Morgan fingerprint density at radius 1 is 1.12 bits per heavy atom. The number of hydrogen-bond acceptors (Lipinski definition) is 8. The molecule has 0 radical (unpaired) electrons. The molecule has 0 aliphatic carbocycles. The first-order valence-electron chi connectivity index (χ1n) is 6.76. The molecular formula is C16H11N5S4. The van der Waals surface area contributed by atoms with Crippen LogP contribution in [0.3, 0.4) is 0 Å². The highest BCUT2D eigenvalue weighted by molar-refractivity contribution is 8.86. The number of thioether (sulfide) groups is 1. The first-order chi connectivity index (χ1) is 12.2. The molecular weight excluding hydrogens is 390 g/mol. The van der Waals surface area contributed by atoms with Crippen molar-refractivity contribution in [1.29, 1.82) is 10.7 Å². The molecule has 0 heterocycles. The molecule has 2 rings (SSSR count). The van der Waals surface area contributed by atoms with Crippen molar-refractivity contribution in [3.05, 3.63) is 48.5 Å². The fourth-order valence-electron chi connectivity index (χ4n) is 1.63. The number of benzene rings is 2. The number of hydrogen-bond donors (Lipinski definition) is 2. The number of amidine groups is 1. The van der Waals surface area contributed by atoms with Gasteiger partial charge in [-0.25, -0.2) is 4.99 Å². The largest absolute Gasteiger partial charge is 0.334 e. The number of anilines is 1. The fraction of sp³-hybridized carbons (Fsp3) is 0. The van der Waals surface area contributed by atoms with Crippen LogP contribution in [0.15, 0.2) is 63.4 Å². The topological polar surface area (TPSA) is 84.4 Å². The van der Waals surface area contributed by atoms with E-state index in [0.717, 1.165) is 33.7 Å². The summed E-state index contributed by atoms with van der Waals surface area (Å²) in [4.78, 5) is 9.05. The van der Waals surface area contributed by atoms with Gasteiger partial charge in [0.2, 0.25) is 0 Å². The van der Waals surface area contributed by atoms with Crippen molar-refractivity contribution in [2.24, 2.45) is 9.98 Å². The Kier molecular flexibility index (Phi) is 8.25. The molecule has 0 bridgehead atoms. The van der Waals surface area contributed by atoms with E-state index in [9.17, 15) is 0 Å². The summed E-state index contributed by atoms with van der Waals surface area (Å²) in [5.41, 5.74) is 3.99. The van der Waals surface area contributed by atoms with Crippen LogP contribution in [0.4, 0.5) is 17.1 Å². The number of nitrogens with zero attached hydrogens (tertiary/aromatic N) is 3. The van der Waals surface area contributed by atoms with E-state index in [1.807, 2.05) is 41.8 Å². The van der Waals surface area contributed by atoms with Crippen LogP contribution in [0.2, 0.25) is 0 Å². The van der Waals surface area contributed by atoms with Gasteiger partial charge in [0.15, 0.2) is 5.17 Å². The maximum atomic E-state index is 8.60. The Balaban J connectivity index is 1.77. The number of isothiocyanates is 1. The molecule has 0 saturated carbocycles.